The third-order valence-electron chi connectivity index (χ3n) is 3.58. The number of pyridine rings is 1. The van der Waals surface area contributed by atoms with E-state index < -0.39 is 0 Å². The lowest BCUT2D eigenvalue weighted by molar-refractivity contribution is 0.872. The number of nitrogens with zero attached hydrogens (tertiary/aromatic N) is 3. The number of aryl methyl sites for hydroxylation is 1. The summed E-state index contributed by atoms with van der Waals surface area (Å²) in [7, 11) is 0. The van der Waals surface area contributed by atoms with Crippen molar-refractivity contribution in [2.24, 2.45) is 0 Å². The quantitative estimate of drug-likeness (QED) is 0.788. The molecule has 2 aromatic heterocycles. The minimum absolute atomic E-state index is 0.160. The predicted molar refractivity (Wildman–Crippen MR) is 88.5 cm³/mol. The van der Waals surface area contributed by atoms with Crippen LogP contribution in [-0.2, 0) is 0 Å². The molecule has 4 nitrogen and oxygen atoms in total. The Morgan fingerprint density at radius 1 is 1.00 bits per heavy atom. The summed E-state index contributed by atoms with van der Waals surface area (Å²) in [6, 6.07) is 14.6. The van der Waals surface area contributed by atoms with Crippen molar-refractivity contribution in [3.8, 4) is 11.1 Å². The monoisotopic (exact) mass is 290 g/mol. The zero-order valence-corrected chi connectivity index (χ0v) is 12.7. The van der Waals surface area contributed by atoms with Crippen molar-refractivity contribution >= 4 is 5.82 Å². The number of hydrogen-bond acceptors (Lipinski definition) is 4. The van der Waals surface area contributed by atoms with Gasteiger partial charge in [0.05, 0.1) is 0 Å². The molecule has 0 saturated heterocycles. The summed E-state index contributed by atoms with van der Waals surface area (Å²) in [4.78, 5) is 12.5. The lowest BCUT2D eigenvalue weighted by Crippen LogP contribution is -2.07. The van der Waals surface area contributed by atoms with E-state index in [2.05, 4.69) is 57.5 Å². The van der Waals surface area contributed by atoms with Crippen LogP contribution in [0.1, 0.15) is 24.2 Å². The highest BCUT2D eigenvalue weighted by Gasteiger charge is 2.07. The second-order valence-corrected chi connectivity index (χ2v) is 5.27. The third-order valence-corrected chi connectivity index (χ3v) is 3.58. The highest BCUT2D eigenvalue weighted by molar-refractivity contribution is 5.63. The van der Waals surface area contributed by atoms with E-state index in [9.17, 15) is 0 Å². The van der Waals surface area contributed by atoms with Crippen LogP contribution in [0.25, 0.3) is 11.1 Å². The standard InChI is InChI=1S/C18H18N4/c1-13-6-7-17(11-20-13)16-5-3-4-15(10-16)14(2)22-18-8-9-19-12-21-18/h3-12,14H,1-2H3,(H,19,21,22)/t14-/m0/s1. The summed E-state index contributed by atoms with van der Waals surface area (Å²) in [6.07, 6.45) is 5.19. The first-order chi connectivity index (χ1) is 10.7. The molecule has 3 aromatic rings. The van der Waals surface area contributed by atoms with Gasteiger partial charge in [-0.15, -0.1) is 0 Å². The van der Waals surface area contributed by atoms with Gasteiger partial charge >= 0.3 is 0 Å². The normalized spacial score (nSPS) is 11.9. The molecule has 0 spiro atoms. The van der Waals surface area contributed by atoms with Crippen molar-refractivity contribution in [1.82, 2.24) is 15.0 Å². The van der Waals surface area contributed by atoms with Gasteiger partial charge in [0.15, 0.2) is 0 Å². The molecular weight excluding hydrogens is 272 g/mol. The Balaban J connectivity index is 1.83. The van der Waals surface area contributed by atoms with Gasteiger partial charge in [0.25, 0.3) is 0 Å². The minimum Gasteiger partial charge on any atom is -0.363 e. The number of hydrogen-bond donors (Lipinski definition) is 1. The van der Waals surface area contributed by atoms with E-state index in [1.807, 2.05) is 25.3 Å². The van der Waals surface area contributed by atoms with Crippen molar-refractivity contribution in [2.75, 3.05) is 5.32 Å². The van der Waals surface area contributed by atoms with E-state index in [1.54, 1.807) is 12.5 Å². The van der Waals surface area contributed by atoms with Crippen molar-refractivity contribution < 1.29 is 0 Å². The van der Waals surface area contributed by atoms with Crippen LogP contribution in [-0.4, -0.2) is 15.0 Å². The number of aromatic nitrogens is 3. The smallest absolute Gasteiger partial charge is 0.129 e. The van der Waals surface area contributed by atoms with Gasteiger partial charge in [0.2, 0.25) is 0 Å². The van der Waals surface area contributed by atoms with Crippen LogP contribution in [0.5, 0.6) is 0 Å². The minimum atomic E-state index is 0.160. The Morgan fingerprint density at radius 3 is 2.64 bits per heavy atom. The molecule has 0 bridgehead atoms. The van der Waals surface area contributed by atoms with Crippen LogP contribution < -0.4 is 5.32 Å². The van der Waals surface area contributed by atoms with Gasteiger partial charge in [-0.25, -0.2) is 9.97 Å². The van der Waals surface area contributed by atoms with Crippen molar-refractivity contribution in [1.29, 1.82) is 0 Å². The maximum atomic E-state index is 4.37. The second-order valence-electron chi connectivity index (χ2n) is 5.27. The molecular formula is C18H18N4. The summed E-state index contributed by atoms with van der Waals surface area (Å²) in [5.74, 6) is 0.824. The van der Waals surface area contributed by atoms with Crippen LogP contribution >= 0.6 is 0 Å². The molecule has 0 amide bonds. The van der Waals surface area contributed by atoms with Crippen molar-refractivity contribution in [3.05, 3.63) is 72.4 Å². The molecule has 0 aliphatic rings. The largest absolute Gasteiger partial charge is 0.363 e. The first-order valence-electron chi connectivity index (χ1n) is 7.28. The van der Waals surface area contributed by atoms with Crippen LogP contribution in [0.2, 0.25) is 0 Å². The first kappa shape index (κ1) is 14.2. The maximum Gasteiger partial charge on any atom is 0.129 e. The Hall–Kier alpha value is -2.75. The van der Waals surface area contributed by atoms with Gasteiger partial charge in [-0.3, -0.25) is 4.98 Å². The fraction of sp³-hybridized carbons (Fsp3) is 0.167. The topological polar surface area (TPSA) is 50.7 Å². The Kier molecular flexibility index (Phi) is 4.10. The Bertz CT molecular complexity index is 739. The fourth-order valence-electron chi connectivity index (χ4n) is 2.31. The molecule has 2 heterocycles. The van der Waals surface area contributed by atoms with E-state index in [1.165, 1.54) is 11.1 Å². The van der Waals surface area contributed by atoms with Crippen LogP contribution in [0, 0.1) is 6.92 Å². The SMILES string of the molecule is Cc1ccc(-c2cccc([C@H](C)Nc3ccncn3)c2)cn1. The summed E-state index contributed by atoms with van der Waals surface area (Å²) in [5.41, 5.74) is 4.53. The maximum absolute atomic E-state index is 4.37. The summed E-state index contributed by atoms with van der Waals surface area (Å²) >= 11 is 0. The summed E-state index contributed by atoms with van der Waals surface area (Å²) in [6.45, 7) is 4.11. The van der Waals surface area contributed by atoms with E-state index in [0.717, 1.165) is 17.1 Å². The predicted octanol–water partition coefficient (Wildman–Crippen LogP) is 4.02. The molecule has 0 radical (unpaired) electrons. The molecule has 4 heteroatoms. The van der Waals surface area contributed by atoms with E-state index in [-0.39, 0.29) is 6.04 Å². The Morgan fingerprint density at radius 2 is 1.91 bits per heavy atom. The zero-order chi connectivity index (χ0) is 15.4. The highest BCUT2D eigenvalue weighted by Crippen LogP contribution is 2.24. The zero-order valence-electron chi connectivity index (χ0n) is 12.7. The fourth-order valence-corrected chi connectivity index (χ4v) is 2.31. The van der Waals surface area contributed by atoms with Gasteiger partial charge < -0.3 is 5.32 Å². The lowest BCUT2D eigenvalue weighted by atomic mass is 10.0. The molecule has 0 fully saturated rings. The van der Waals surface area contributed by atoms with Gasteiger partial charge in [-0.2, -0.15) is 0 Å². The van der Waals surface area contributed by atoms with Crippen molar-refractivity contribution in [3.63, 3.8) is 0 Å². The summed E-state index contributed by atoms with van der Waals surface area (Å²) in [5, 5.41) is 3.38. The molecule has 0 saturated carbocycles. The number of benzene rings is 1. The van der Waals surface area contributed by atoms with Gasteiger partial charge in [0.1, 0.15) is 12.1 Å². The average Bonchev–Trinajstić information content (AvgIpc) is 2.56. The number of nitrogens with one attached hydrogen (secondary N) is 1. The molecule has 3 rings (SSSR count). The molecule has 1 N–H and O–H groups in total. The molecule has 0 aliphatic carbocycles. The van der Waals surface area contributed by atoms with Gasteiger partial charge in [0, 0.05) is 29.7 Å². The average molecular weight is 290 g/mol. The van der Waals surface area contributed by atoms with Crippen molar-refractivity contribution in [2.45, 2.75) is 19.9 Å². The van der Waals surface area contributed by atoms with E-state index in [4.69, 9.17) is 0 Å². The van der Waals surface area contributed by atoms with Crippen LogP contribution in [0.3, 0.4) is 0 Å². The van der Waals surface area contributed by atoms with Crippen LogP contribution in [0.4, 0.5) is 5.82 Å². The lowest BCUT2D eigenvalue weighted by Gasteiger charge is -2.15. The second kappa shape index (κ2) is 6.35. The molecule has 1 atom stereocenters. The van der Waals surface area contributed by atoms with E-state index in [0.29, 0.717) is 0 Å². The first-order valence-corrected chi connectivity index (χ1v) is 7.28. The molecule has 0 aliphatic heterocycles. The molecule has 1 aromatic carbocycles. The molecule has 0 unspecified atom stereocenters. The number of rotatable bonds is 4. The molecule has 110 valence electrons. The van der Waals surface area contributed by atoms with E-state index >= 15 is 0 Å². The van der Waals surface area contributed by atoms with Crippen LogP contribution in [0.15, 0.2) is 61.2 Å². The van der Waals surface area contributed by atoms with Gasteiger partial charge in [-0.05, 0) is 43.2 Å². The summed E-state index contributed by atoms with van der Waals surface area (Å²) < 4.78 is 0. The third kappa shape index (κ3) is 3.28. The number of anilines is 1. The Labute approximate surface area is 130 Å². The highest BCUT2D eigenvalue weighted by atomic mass is 15.0. The molecule has 22 heavy (non-hydrogen) atoms. The van der Waals surface area contributed by atoms with Gasteiger partial charge in [-0.1, -0.05) is 24.3 Å².